The molecule has 1 aromatic heterocycles. The van der Waals surface area contributed by atoms with Gasteiger partial charge in [0, 0.05) is 29.4 Å². The molecule has 6 nitrogen and oxygen atoms in total. The second-order valence-corrected chi connectivity index (χ2v) is 8.36. The van der Waals surface area contributed by atoms with Crippen LogP contribution in [0.2, 0.25) is 5.02 Å². The number of Topliss-reactive ketones (excluding diaryl/α,β-unsaturated/α-hetero) is 1. The van der Waals surface area contributed by atoms with Crippen LogP contribution in [0.25, 0.3) is 0 Å². The highest BCUT2D eigenvalue weighted by Crippen LogP contribution is 2.52. The Bertz CT molecular complexity index is 1100. The summed E-state index contributed by atoms with van der Waals surface area (Å²) in [6.45, 7) is 4.04. The molecule has 0 bridgehead atoms. The summed E-state index contributed by atoms with van der Waals surface area (Å²) in [6.07, 6.45) is 0.967. The minimum Gasteiger partial charge on any atom is -0.442 e. The molecule has 1 aliphatic carbocycles. The third-order valence-electron chi connectivity index (χ3n) is 5.27. The Balaban J connectivity index is 2.05. The average Bonchev–Trinajstić information content (AvgIpc) is 2.59. The highest BCUT2D eigenvalue weighted by molar-refractivity contribution is 6.31. The Morgan fingerprint density at radius 3 is 2.68 bits per heavy atom. The normalized spacial score (nSPS) is 20.1. The van der Waals surface area contributed by atoms with Crippen molar-refractivity contribution in [3.8, 4) is 11.9 Å². The number of halogens is 1. The second kappa shape index (κ2) is 6.25. The Hall–Kier alpha value is -3.04. The van der Waals surface area contributed by atoms with E-state index in [1.807, 2.05) is 38.1 Å². The van der Waals surface area contributed by atoms with E-state index >= 15 is 0 Å². The number of fused-ring (bicyclic) bond motifs is 1. The van der Waals surface area contributed by atoms with Gasteiger partial charge in [-0.05, 0) is 17.0 Å². The number of benzene rings is 1. The van der Waals surface area contributed by atoms with Crippen LogP contribution in [-0.2, 0) is 4.79 Å². The number of anilines is 2. The fourth-order valence-corrected chi connectivity index (χ4v) is 4.30. The second-order valence-electron chi connectivity index (χ2n) is 7.95. The zero-order chi connectivity index (χ0) is 20.2. The topological polar surface area (TPSA) is 115 Å². The first-order valence-corrected chi connectivity index (χ1v) is 9.29. The number of aromatic nitrogens is 1. The molecule has 0 fully saturated rings. The smallest absolute Gasteiger partial charge is 0.227 e. The minimum absolute atomic E-state index is 0.00195. The van der Waals surface area contributed by atoms with Crippen molar-refractivity contribution in [2.75, 3.05) is 11.5 Å². The van der Waals surface area contributed by atoms with Gasteiger partial charge in [-0.25, -0.2) is 0 Å². The summed E-state index contributed by atoms with van der Waals surface area (Å²) < 4.78 is 6.03. The average molecular weight is 395 g/mol. The molecule has 7 heteroatoms. The summed E-state index contributed by atoms with van der Waals surface area (Å²) >= 11 is 6.49. The SMILES string of the molecule is CC1(C)CC(=O)C2=C(C1)Oc1nc(N)c(C#N)c(N)c1C2c1ccccc1Cl. The molecule has 1 aromatic carbocycles. The number of nitrogens with two attached hydrogens (primary N) is 2. The van der Waals surface area contributed by atoms with Crippen LogP contribution >= 0.6 is 11.6 Å². The van der Waals surface area contributed by atoms with Crippen molar-refractivity contribution in [3.63, 3.8) is 0 Å². The van der Waals surface area contributed by atoms with Gasteiger partial charge in [-0.3, -0.25) is 4.79 Å². The van der Waals surface area contributed by atoms with E-state index in [-0.39, 0.29) is 34.1 Å². The van der Waals surface area contributed by atoms with Crippen molar-refractivity contribution in [3.05, 3.63) is 57.3 Å². The molecule has 0 saturated carbocycles. The van der Waals surface area contributed by atoms with Crippen LogP contribution in [0.15, 0.2) is 35.6 Å². The molecule has 28 heavy (non-hydrogen) atoms. The maximum Gasteiger partial charge on any atom is 0.227 e. The lowest BCUT2D eigenvalue weighted by Gasteiger charge is -2.38. The summed E-state index contributed by atoms with van der Waals surface area (Å²) in [5.41, 5.74) is 14.0. The zero-order valence-electron chi connectivity index (χ0n) is 15.5. The molecular weight excluding hydrogens is 376 g/mol. The summed E-state index contributed by atoms with van der Waals surface area (Å²) in [5, 5.41) is 9.97. The lowest BCUT2D eigenvalue weighted by Crippen LogP contribution is -2.33. The number of carbonyl (C=O) groups excluding carboxylic acids is 1. The number of rotatable bonds is 1. The largest absolute Gasteiger partial charge is 0.442 e. The summed E-state index contributed by atoms with van der Waals surface area (Å²) in [6, 6.07) is 9.27. The molecular formula is C21H19ClN4O2. The summed E-state index contributed by atoms with van der Waals surface area (Å²) in [5.74, 6) is 0.216. The quantitative estimate of drug-likeness (QED) is 0.756. The van der Waals surface area contributed by atoms with Gasteiger partial charge in [0.05, 0.1) is 11.3 Å². The molecule has 1 unspecified atom stereocenters. The van der Waals surface area contributed by atoms with Crippen molar-refractivity contribution < 1.29 is 9.53 Å². The predicted octanol–water partition coefficient (Wildman–Crippen LogP) is 3.94. The fraction of sp³-hybridized carbons (Fsp3) is 0.286. The van der Waals surface area contributed by atoms with Gasteiger partial charge in [-0.15, -0.1) is 0 Å². The number of nitrogens with zero attached hydrogens (tertiary/aromatic N) is 2. The molecule has 2 heterocycles. The van der Waals surface area contributed by atoms with Crippen LogP contribution in [0.1, 0.15) is 49.3 Å². The zero-order valence-corrected chi connectivity index (χ0v) is 16.3. The number of ketones is 1. The highest BCUT2D eigenvalue weighted by atomic mass is 35.5. The Labute approximate surface area is 167 Å². The van der Waals surface area contributed by atoms with E-state index in [0.29, 0.717) is 34.8 Å². The van der Waals surface area contributed by atoms with E-state index in [4.69, 9.17) is 27.8 Å². The van der Waals surface area contributed by atoms with Crippen LogP contribution in [0, 0.1) is 16.7 Å². The number of allylic oxidation sites excluding steroid dienone is 2. The van der Waals surface area contributed by atoms with Crippen molar-refractivity contribution in [2.24, 2.45) is 5.41 Å². The highest BCUT2D eigenvalue weighted by Gasteiger charge is 2.44. The van der Waals surface area contributed by atoms with Gasteiger partial charge in [0.2, 0.25) is 5.88 Å². The lowest BCUT2D eigenvalue weighted by molar-refractivity contribution is -0.118. The molecule has 2 aromatic rings. The molecule has 4 rings (SSSR count). The van der Waals surface area contributed by atoms with Crippen LogP contribution < -0.4 is 16.2 Å². The minimum atomic E-state index is -0.559. The van der Waals surface area contributed by atoms with Gasteiger partial charge >= 0.3 is 0 Å². The van der Waals surface area contributed by atoms with Gasteiger partial charge in [-0.2, -0.15) is 10.2 Å². The van der Waals surface area contributed by atoms with E-state index in [0.717, 1.165) is 5.56 Å². The van der Waals surface area contributed by atoms with Gasteiger partial charge in [0.25, 0.3) is 0 Å². The molecule has 2 aliphatic rings. The Morgan fingerprint density at radius 1 is 1.29 bits per heavy atom. The van der Waals surface area contributed by atoms with Crippen molar-refractivity contribution >= 4 is 28.9 Å². The van der Waals surface area contributed by atoms with Crippen molar-refractivity contribution in [1.82, 2.24) is 4.98 Å². The number of hydrogen-bond donors (Lipinski definition) is 2. The van der Waals surface area contributed by atoms with Crippen molar-refractivity contribution in [2.45, 2.75) is 32.6 Å². The number of nitriles is 1. The van der Waals surface area contributed by atoms with Gasteiger partial charge in [0.15, 0.2) is 5.78 Å². The fourth-order valence-electron chi connectivity index (χ4n) is 4.06. The predicted molar refractivity (Wildman–Crippen MR) is 107 cm³/mol. The standard InChI is InChI=1S/C21H19ClN4O2/c1-21(2)7-13(27)16-14(8-21)28-20-17(18(24)11(9-23)19(25)26-20)15(16)10-5-3-4-6-12(10)22/h3-6,15H,7-8H2,1-2H3,(H4,24,25,26). The monoisotopic (exact) mass is 394 g/mol. The van der Waals surface area contributed by atoms with Crippen molar-refractivity contribution in [1.29, 1.82) is 5.26 Å². The van der Waals surface area contributed by atoms with E-state index in [1.165, 1.54) is 0 Å². The van der Waals surface area contributed by atoms with Crippen LogP contribution in [0.4, 0.5) is 11.5 Å². The number of ether oxygens (including phenoxy) is 1. The molecule has 0 radical (unpaired) electrons. The van der Waals surface area contributed by atoms with E-state index < -0.39 is 5.92 Å². The van der Waals surface area contributed by atoms with Gasteiger partial charge < -0.3 is 16.2 Å². The number of nitrogen functional groups attached to an aromatic ring is 2. The molecule has 0 amide bonds. The maximum atomic E-state index is 13.1. The number of carbonyl (C=O) groups is 1. The van der Waals surface area contributed by atoms with Crippen LogP contribution in [-0.4, -0.2) is 10.8 Å². The third-order valence-corrected chi connectivity index (χ3v) is 5.62. The van der Waals surface area contributed by atoms with Gasteiger partial charge in [0.1, 0.15) is 23.2 Å². The van der Waals surface area contributed by atoms with E-state index in [9.17, 15) is 10.1 Å². The summed E-state index contributed by atoms with van der Waals surface area (Å²) in [7, 11) is 0. The number of hydrogen-bond acceptors (Lipinski definition) is 6. The van der Waals surface area contributed by atoms with Gasteiger partial charge in [-0.1, -0.05) is 43.6 Å². The first-order chi connectivity index (χ1) is 13.2. The number of pyridine rings is 1. The lowest BCUT2D eigenvalue weighted by atomic mass is 9.70. The first kappa shape index (κ1) is 18.3. The first-order valence-electron chi connectivity index (χ1n) is 8.91. The molecule has 142 valence electrons. The molecule has 1 aliphatic heterocycles. The van der Waals surface area contributed by atoms with Crippen LogP contribution in [0.3, 0.4) is 0 Å². The van der Waals surface area contributed by atoms with E-state index in [1.54, 1.807) is 6.07 Å². The molecule has 0 saturated heterocycles. The summed E-state index contributed by atoms with van der Waals surface area (Å²) in [4.78, 5) is 17.4. The maximum absolute atomic E-state index is 13.1. The molecule has 1 atom stereocenters. The molecule has 4 N–H and O–H groups in total. The Morgan fingerprint density at radius 2 is 2.00 bits per heavy atom. The molecule has 0 spiro atoms. The Kier molecular flexibility index (Phi) is 4.09. The third kappa shape index (κ3) is 2.71. The van der Waals surface area contributed by atoms with Crippen LogP contribution in [0.5, 0.6) is 5.88 Å². The van der Waals surface area contributed by atoms with E-state index in [2.05, 4.69) is 4.98 Å².